The third-order valence-electron chi connectivity index (χ3n) is 2.55. The van der Waals surface area contributed by atoms with E-state index in [1.54, 1.807) is 0 Å². The van der Waals surface area contributed by atoms with Gasteiger partial charge in [-0.25, -0.2) is 0 Å². The molecule has 0 aliphatic heterocycles. The molecule has 1 rings (SSSR count). The van der Waals surface area contributed by atoms with Gasteiger partial charge in [-0.2, -0.15) is 0 Å². The van der Waals surface area contributed by atoms with E-state index in [0.717, 1.165) is 17.8 Å². The predicted molar refractivity (Wildman–Crippen MR) is 44.8 cm³/mol. The van der Waals surface area contributed by atoms with Gasteiger partial charge in [0.1, 0.15) is 0 Å². The van der Waals surface area contributed by atoms with Gasteiger partial charge < -0.3 is 0 Å². The van der Waals surface area contributed by atoms with Crippen LogP contribution in [0.15, 0.2) is 0 Å². The van der Waals surface area contributed by atoms with E-state index in [9.17, 15) is 0 Å². The fourth-order valence-corrected chi connectivity index (χ4v) is 2.19. The Labute approximate surface area is 66.2 Å². The highest BCUT2D eigenvalue weighted by Gasteiger charge is 2.38. The maximum absolute atomic E-state index is 3.51. The van der Waals surface area contributed by atoms with Gasteiger partial charge in [-0.3, -0.25) is 0 Å². The smallest absolute Gasteiger partial charge is 0.00625 e. The quantitative estimate of drug-likeness (QED) is 0.601. The Morgan fingerprint density at radius 3 is 2.67 bits per heavy atom. The van der Waals surface area contributed by atoms with Crippen LogP contribution in [0.25, 0.3) is 0 Å². The van der Waals surface area contributed by atoms with E-state index in [1.807, 2.05) is 0 Å². The van der Waals surface area contributed by atoms with Gasteiger partial charge in [0.05, 0.1) is 0 Å². The van der Waals surface area contributed by atoms with Gasteiger partial charge in [-0.05, 0) is 24.2 Å². The van der Waals surface area contributed by atoms with Crippen molar-refractivity contribution >= 4 is 15.9 Å². The highest BCUT2D eigenvalue weighted by atomic mass is 79.9. The topological polar surface area (TPSA) is 0 Å². The molecule has 0 radical (unpaired) electrons. The molecular formula is C8H15Br. The van der Waals surface area contributed by atoms with Crippen molar-refractivity contribution in [3.63, 3.8) is 0 Å². The zero-order chi connectivity index (χ0) is 6.85. The summed E-state index contributed by atoms with van der Waals surface area (Å²) in [5, 5.41) is 1.22. The van der Waals surface area contributed by atoms with E-state index in [4.69, 9.17) is 0 Å². The third kappa shape index (κ3) is 1.70. The summed E-state index contributed by atoms with van der Waals surface area (Å²) in [7, 11) is 0. The Morgan fingerprint density at radius 1 is 1.67 bits per heavy atom. The van der Waals surface area contributed by atoms with Crippen molar-refractivity contribution < 1.29 is 0 Å². The first-order chi connectivity index (χ1) is 4.29. The van der Waals surface area contributed by atoms with Crippen molar-refractivity contribution in [2.45, 2.75) is 26.7 Å². The first kappa shape index (κ1) is 7.59. The summed E-state index contributed by atoms with van der Waals surface area (Å²) in [5.74, 6) is 3.03. The van der Waals surface area contributed by atoms with E-state index in [0.29, 0.717) is 0 Å². The number of hydrogen-bond donors (Lipinski definition) is 0. The lowest BCUT2D eigenvalue weighted by Crippen LogP contribution is -1.96. The Hall–Kier alpha value is 0.480. The maximum atomic E-state index is 3.51. The van der Waals surface area contributed by atoms with Crippen molar-refractivity contribution in [2.24, 2.45) is 17.8 Å². The fraction of sp³-hybridized carbons (Fsp3) is 1.00. The summed E-state index contributed by atoms with van der Waals surface area (Å²) in [4.78, 5) is 0. The molecule has 1 heteroatoms. The highest BCUT2D eigenvalue weighted by Crippen LogP contribution is 2.46. The molecule has 0 saturated heterocycles. The molecule has 0 aromatic carbocycles. The number of alkyl halides is 1. The summed E-state index contributed by atoms with van der Waals surface area (Å²) < 4.78 is 0. The summed E-state index contributed by atoms with van der Waals surface area (Å²) >= 11 is 3.51. The second-order valence-corrected chi connectivity index (χ2v) is 3.85. The minimum atomic E-state index is 0.965. The normalized spacial score (nSPS) is 36.3. The van der Waals surface area contributed by atoms with Crippen LogP contribution in [-0.2, 0) is 0 Å². The molecule has 54 valence electrons. The molecule has 0 aromatic heterocycles. The summed E-state index contributed by atoms with van der Waals surface area (Å²) in [6, 6.07) is 0. The Kier molecular flexibility index (Phi) is 2.57. The van der Waals surface area contributed by atoms with Gasteiger partial charge in [0.25, 0.3) is 0 Å². The molecule has 0 N–H and O–H groups in total. The van der Waals surface area contributed by atoms with Gasteiger partial charge in [0.2, 0.25) is 0 Å². The molecule has 0 amide bonds. The Bertz CT molecular complexity index is 90.6. The predicted octanol–water partition coefficient (Wildman–Crippen LogP) is 3.06. The zero-order valence-electron chi connectivity index (χ0n) is 6.23. The lowest BCUT2D eigenvalue weighted by Gasteiger charge is -2.04. The fourth-order valence-electron chi connectivity index (χ4n) is 1.45. The van der Waals surface area contributed by atoms with Crippen LogP contribution >= 0.6 is 15.9 Å². The van der Waals surface area contributed by atoms with E-state index in [2.05, 4.69) is 29.8 Å². The molecule has 1 fully saturated rings. The molecule has 1 aliphatic rings. The molecule has 0 nitrogen and oxygen atoms in total. The lowest BCUT2D eigenvalue weighted by atomic mass is 10.0. The lowest BCUT2D eigenvalue weighted by molar-refractivity contribution is 0.471. The van der Waals surface area contributed by atoms with Crippen LogP contribution in [0.1, 0.15) is 26.7 Å². The summed E-state index contributed by atoms with van der Waals surface area (Å²) in [6.07, 6.45) is 2.83. The second-order valence-electron chi connectivity index (χ2n) is 3.20. The second kappa shape index (κ2) is 3.05. The van der Waals surface area contributed by atoms with Gasteiger partial charge in [0, 0.05) is 5.33 Å². The van der Waals surface area contributed by atoms with Crippen LogP contribution in [-0.4, -0.2) is 5.33 Å². The third-order valence-corrected chi connectivity index (χ3v) is 3.38. The molecule has 0 aromatic rings. The van der Waals surface area contributed by atoms with Gasteiger partial charge in [0.15, 0.2) is 0 Å². The van der Waals surface area contributed by atoms with E-state index in [-0.39, 0.29) is 0 Å². The highest BCUT2D eigenvalue weighted by molar-refractivity contribution is 9.09. The molecule has 1 aliphatic carbocycles. The largest absolute Gasteiger partial charge is 0.0925 e. The number of hydrogen-bond acceptors (Lipinski definition) is 0. The van der Waals surface area contributed by atoms with E-state index in [1.165, 1.54) is 18.2 Å². The van der Waals surface area contributed by atoms with E-state index < -0.39 is 0 Å². The van der Waals surface area contributed by atoms with Crippen LogP contribution in [0.5, 0.6) is 0 Å². The van der Waals surface area contributed by atoms with Crippen LogP contribution in [0, 0.1) is 17.8 Å². The number of halogens is 1. The average Bonchev–Trinajstić information content (AvgIpc) is 2.64. The van der Waals surface area contributed by atoms with Crippen molar-refractivity contribution in [3.8, 4) is 0 Å². The first-order valence-corrected chi connectivity index (χ1v) is 4.97. The van der Waals surface area contributed by atoms with Crippen LogP contribution in [0.3, 0.4) is 0 Å². The van der Waals surface area contributed by atoms with Crippen LogP contribution < -0.4 is 0 Å². The summed E-state index contributed by atoms with van der Waals surface area (Å²) in [5.41, 5.74) is 0. The molecule has 3 atom stereocenters. The minimum absolute atomic E-state index is 0.965. The first-order valence-electron chi connectivity index (χ1n) is 3.85. The maximum Gasteiger partial charge on any atom is 0.00625 e. The van der Waals surface area contributed by atoms with Crippen molar-refractivity contribution in [1.82, 2.24) is 0 Å². The van der Waals surface area contributed by atoms with Crippen LogP contribution in [0.4, 0.5) is 0 Å². The standard InChI is InChI=1S/C8H15Br/c1-3-6(2)8-4-7(8)5-9/h6-8H,3-5H2,1-2H3. The van der Waals surface area contributed by atoms with Gasteiger partial charge in [-0.15, -0.1) is 0 Å². The SMILES string of the molecule is CCC(C)C1CC1CBr. The monoisotopic (exact) mass is 190 g/mol. The average molecular weight is 191 g/mol. The zero-order valence-corrected chi connectivity index (χ0v) is 7.82. The van der Waals surface area contributed by atoms with Crippen molar-refractivity contribution in [2.75, 3.05) is 5.33 Å². The van der Waals surface area contributed by atoms with Crippen molar-refractivity contribution in [3.05, 3.63) is 0 Å². The molecular weight excluding hydrogens is 176 g/mol. The van der Waals surface area contributed by atoms with Gasteiger partial charge >= 0.3 is 0 Å². The molecule has 1 saturated carbocycles. The molecule has 0 spiro atoms. The molecule has 3 unspecified atom stereocenters. The van der Waals surface area contributed by atoms with Crippen molar-refractivity contribution in [1.29, 1.82) is 0 Å². The van der Waals surface area contributed by atoms with E-state index >= 15 is 0 Å². The Morgan fingerprint density at radius 2 is 2.33 bits per heavy atom. The number of rotatable bonds is 3. The Balaban J connectivity index is 2.17. The molecule has 0 heterocycles. The molecule has 9 heavy (non-hydrogen) atoms. The van der Waals surface area contributed by atoms with Gasteiger partial charge in [-0.1, -0.05) is 36.2 Å². The minimum Gasteiger partial charge on any atom is -0.0925 e. The van der Waals surface area contributed by atoms with Crippen LogP contribution in [0.2, 0.25) is 0 Å². The molecule has 0 bridgehead atoms. The summed E-state index contributed by atoms with van der Waals surface area (Å²) in [6.45, 7) is 4.65.